The molecule has 1 fully saturated rings. The van der Waals surface area contributed by atoms with Crippen molar-refractivity contribution in [3.63, 3.8) is 0 Å². The number of nitrogens with one attached hydrogen (secondary N) is 2. The zero-order valence-electron chi connectivity index (χ0n) is 14.9. The molecular formula is C21H25N5. The average molecular weight is 347 g/mol. The number of para-hydroxylation sites is 1. The molecule has 0 radical (unpaired) electrons. The van der Waals surface area contributed by atoms with Crippen LogP contribution in [0.15, 0.2) is 60.7 Å². The monoisotopic (exact) mass is 347 g/mol. The van der Waals surface area contributed by atoms with E-state index < -0.39 is 0 Å². The fourth-order valence-corrected chi connectivity index (χ4v) is 3.39. The smallest absolute Gasteiger partial charge is 0.149 e. The maximum absolute atomic E-state index is 5.73. The van der Waals surface area contributed by atoms with Gasteiger partial charge in [0.25, 0.3) is 0 Å². The fraction of sp³-hybridized carbons (Fsp3) is 0.286. The Labute approximate surface area is 154 Å². The van der Waals surface area contributed by atoms with Gasteiger partial charge in [0.15, 0.2) is 0 Å². The van der Waals surface area contributed by atoms with Crippen LogP contribution in [0.4, 0.5) is 5.82 Å². The molecule has 5 heteroatoms. The van der Waals surface area contributed by atoms with E-state index in [2.05, 4.69) is 53.1 Å². The van der Waals surface area contributed by atoms with Crippen molar-refractivity contribution < 1.29 is 0 Å². The molecule has 1 aliphatic rings. The molecule has 3 aromatic rings. The Morgan fingerprint density at radius 1 is 1.12 bits per heavy atom. The van der Waals surface area contributed by atoms with E-state index in [-0.39, 0.29) is 0 Å². The molecule has 4 N–H and O–H groups in total. The lowest BCUT2D eigenvalue weighted by Crippen LogP contribution is -2.17. The Bertz CT molecular complexity index is 833. The highest BCUT2D eigenvalue weighted by Gasteiger charge is 2.16. The summed E-state index contributed by atoms with van der Waals surface area (Å²) in [4.78, 5) is 0. The Hall–Kier alpha value is -2.63. The number of anilines is 1. The van der Waals surface area contributed by atoms with Crippen LogP contribution in [0.3, 0.4) is 0 Å². The quantitative estimate of drug-likeness (QED) is 0.641. The van der Waals surface area contributed by atoms with Crippen LogP contribution in [0.1, 0.15) is 12.0 Å². The first-order chi connectivity index (χ1) is 12.8. The van der Waals surface area contributed by atoms with E-state index in [1.807, 2.05) is 22.9 Å². The van der Waals surface area contributed by atoms with E-state index in [0.717, 1.165) is 48.0 Å². The van der Waals surface area contributed by atoms with Crippen LogP contribution in [0, 0.1) is 5.92 Å². The Morgan fingerprint density at radius 2 is 1.92 bits per heavy atom. The zero-order valence-corrected chi connectivity index (χ0v) is 14.9. The molecule has 1 aromatic heterocycles. The minimum atomic E-state index is 0.556. The van der Waals surface area contributed by atoms with Crippen LogP contribution in [0.2, 0.25) is 0 Å². The standard InChI is InChI=1S/C21H25N5/c22-13-16-6-8-18(9-7-16)20-12-21(24-15-17-10-11-23-14-17)25-26(20)19-4-2-1-3-5-19/h1-9,12,17,23H,10-11,13-15,22H2,(H,24,25)/t17-/m0/s1. The van der Waals surface area contributed by atoms with Crippen LogP contribution < -0.4 is 16.4 Å². The molecule has 0 spiro atoms. The normalized spacial score (nSPS) is 16.7. The number of rotatable bonds is 6. The van der Waals surface area contributed by atoms with Crippen LogP contribution in [-0.4, -0.2) is 29.4 Å². The van der Waals surface area contributed by atoms with Gasteiger partial charge in [-0.3, -0.25) is 0 Å². The molecule has 1 atom stereocenters. The lowest BCUT2D eigenvalue weighted by atomic mass is 10.1. The van der Waals surface area contributed by atoms with Gasteiger partial charge in [0.2, 0.25) is 0 Å². The van der Waals surface area contributed by atoms with E-state index in [1.54, 1.807) is 0 Å². The highest BCUT2D eigenvalue weighted by Crippen LogP contribution is 2.26. The number of nitrogens with zero attached hydrogens (tertiary/aromatic N) is 2. The van der Waals surface area contributed by atoms with Crippen LogP contribution in [-0.2, 0) is 6.54 Å². The Kier molecular flexibility index (Phi) is 5.00. The number of hydrogen-bond donors (Lipinski definition) is 3. The summed E-state index contributed by atoms with van der Waals surface area (Å²) < 4.78 is 2.01. The molecule has 1 aliphatic heterocycles. The summed E-state index contributed by atoms with van der Waals surface area (Å²) in [6, 6.07) is 20.8. The van der Waals surface area contributed by atoms with E-state index in [9.17, 15) is 0 Å². The van der Waals surface area contributed by atoms with Crippen molar-refractivity contribution in [3.8, 4) is 16.9 Å². The first-order valence-electron chi connectivity index (χ1n) is 9.23. The van der Waals surface area contributed by atoms with Crippen LogP contribution >= 0.6 is 0 Å². The van der Waals surface area contributed by atoms with Crippen molar-refractivity contribution in [3.05, 3.63) is 66.2 Å². The summed E-state index contributed by atoms with van der Waals surface area (Å²) >= 11 is 0. The summed E-state index contributed by atoms with van der Waals surface area (Å²) in [5, 5.41) is 11.8. The van der Waals surface area contributed by atoms with E-state index in [4.69, 9.17) is 10.8 Å². The second-order valence-corrected chi connectivity index (χ2v) is 6.80. The summed E-state index contributed by atoms with van der Waals surface area (Å²) in [6.07, 6.45) is 1.22. The summed E-state index contributed by atoms with van der Waals surface area (Å²) in [5.41, 5.74) is 10.1. The van der Waals surface area contributed by atoms with Crippen LogP contribution in [0.5, 0.6) is 0 Å². The number of hydrogen-bond acceptors (Lipinski definition) is 4. The molecule has 0 amide bonds. The predicted octanol–water partition coefficient (Wildman–Crippen LogP) is 3.02. The topological polar surface area (TPSA) is 67.9 Å². The first-order valence-corrected chi connectivity index (χ1v) is 9.23. The van der Waals surface area contributed by atoms with Gasteiger partial charge in [-0.15, -0.1) is 5.10 Å². The largest absolute Gasteiger partial charge is 0.368 e. The Balaban J connectivity index is 1.65. The molecule has 0 aliphatic carbocycles. The third-order valence-corrected chi connectivity index (χ3v) is 4.93. The van der Waals surface area contributed by atoms with Gasteiger partial charge >= 0.3 is 0 Å². The molecule has 1 saturated heterocycles. The SMILES string of the molecule is NCc1ccc(-c2cc(NC[C@H]3CCNC3)nn2-c2ccccc2)cc1. The molecule has 0 saturated carbocycles. The van der Waals surface area contributed by atoms with Crippen molar-refractivity contribution >= 4 is 5.82 Å². The second-order valence-electron chi connectivity index (χ2n) is 6.80. The number of nitrogens with two attached hydrogens (primary N) is 1. The van der Waals surface area contributed by atoms with Crippen molar-refractivity contribution in [2.24, 2.45) is 11.7 Å². The Morgan fingerprint density at radius 3 is 2.62 bits per heavy atom. The summed E-state index contributed by atoms with van der Waals surface area (Å²) in [7, 11) is 0. The molecule has 2 aromatic carbocycles. The van der Waals surface area contributed by atoms with Gasteiger partial charge in [0.05, 0.1) is 11.4 Å². The number of aromatic nitrogens is 2. The predicted molar refractivity (Wildman–Crippen MR) is 106 cm³/mol. The first kappa shape index (κ1) is 16.8. The third-order valence-electron chi connectivity index (χ3n) is 4.93. The van der Waals surface area contributed by atoms with Gasteiger partial charge in [0, 0.05) is 24.7 Å². The van der Waals surface area contributed by atoms with Crippen molar-refractivity contribution in [1.82, 2.24) is 15.1 Å². The maximum atomic E-state index is 5.73. The van der Waals surface area contributed by atoms with Crippen molar-refractivity contribution in [1.29, 1.82) is 0 Å². The molecule has 0 bridgehead atoms. The van der Waals surface area contributed by atoms with Gasteiger partial charge in [0.1, 0.15) is 5.82 Å². The molecule has 4 rings (SSSR count). The molecule has 134 valence electrons. The molecule has 26 heavy (non-hydrogen) atoms. The zero-order chi connectivity index (χ0) is 17.8. The van der Waals surface area contributed by atoms with Gasteiger partial charge < -0.3 is 16.4 Å². The minimum Gasteiger partial charge on any atom is -0.368 e. The second kappa shape index (κ2) is 7.72. The van der Waals surface area contributed by atoms with Gasteiger partial charge in [-0.1, -0.05) is 42.5 Å². The summed E-state index contributed by atoms with van der Waals surface area (Å²) in [6.45, 7) is 3.70. The van der Waals surface area contributed by atoms with Crippen molar-refractivity contribution in [2.75, 3.05) is 25.0 Å². The fourth-order valence-electron chi connectivity index (χ4n) is 3.39. The van der Waals surface area contributed by atoms with Gasteiger partial charge in [-0.25, -0.2) is 4.68 Å². The van der Waals surface area contributed by atoms with Crippen molar-refractivity contribution in [2.45, 2.75) is 13.0 Å². The highest BCUT2D eigenvalue weighted by molar-refractivity contribution is 5.66. The highest BCUT2D eigenvalue weighted by atomic mass is 15.3. The number of benzene rings is 2. The molecular weight excluding hydrogens is 322 g/mol. The summed E-state index contributed by atoms with van der Waals surface area (Å²) in [5.74, 6) is 1.59. The molecule has 2 heterocycles. The average Bonchev–Trinajstić information content (AvgIpc) is 3.37. The lowest BCUT2D eigenvalue weighted by molar-refractivity contribution is 0.613. The minimum absolute atomic E-state index is 0.556. The van der Waals surface area contributed by atoms with E-state index >= 15 is 0 Å². The van der Waals surface area contributed by atoms with Crippen LogP contribution in [0.25, 0.3) is 16.9 Å². The third kappa shape index (κ3) is 3.64. The van der Waals surface area contributed by atoms with E-state index in [0.29, 0.717) is 12.5 Å². The van der Waals surface area contributed by atoms with Gasteiger partial charge in [-0.2, -0.15) is 0 Å². The maximum Gasteiger partial charge on any atom is 0.149 e. The van der Waals surface area contributed by atoms with E-state index in [1.165, 1.54) is 6.42 Å². The van der Waals surface area contributed by atoms with Gasteiger partial charge in [-0.05, 0) is 43.1 Å². The molecule has 0 unspecified atom stereocenters. The molecule has 5 nitrogen and oxygen atoms in total. The lowest BCUT2D eigenvalue weighted by Gasteiger charge is -2.09.